The summed E-state index contributed by atoms with van der Waals surface area (Å²) in [5.74, 6) is 0. The minimum Gasteiger partial charge on any atom is -0.319 e. The number of para-hydroxylation sites is 1. The molecule has 0 heterocycles. The van der Waals surface area contributed by atoms with Crippen LogP contribution in [0.5, 0.6) is 0 Å². The molecule has 0 aliphatic rings. The molecule has 0 bridgehead atoms. The van der Waals surface area contributed by atoms with Crippen molar-refractivity contribution >= 4 is 11.7 Å². The lowest BCUT2D eigenvalue weighted by atomic mass is 10.1. The lowest BCUT2D eigenvalue weighted by molar-refractivity contribution is 0.210. The molecule has 2 amide bonds. The van der Waals surface area contributed by atoms with Crippen molar-refractivity contribution in [3.05, 3.63) is 65.7 Å². The van der Waals surface area contributed by atoms with E-state index in [4.69, 9.17) is 5.26 Å². The minimum absolute atomic E-state index is 0.176. The van der Waals surface area contributed by atoms with E-state index in [0.29, 0.717) is 19.5 Å². The van der Waals surface area contributed by atoms with Gasteiger partial charge >= 0.3 is 6.03 Å². The number of anilines is 1. The van der Waals surface area contributed by atoms with Gasteiger partial charge in [0.1, 0.15) is 0 Å². The van der Waals surface area contributed by atoms with Crippen molar-refractivity contribution in [2.75, 3.05) is 11.9 Å². The predicted octanol–water partition coefficient (Wildman–Crippen LogP) is 4.20. The van der Waals surface area contributed by atoms with Crippen LogP contribution in [-0.2, 0) is 13.0 Å². The monoisotopic (exact) mass is 307 g/mol. The zero-order valence-electron chi connectivity index (χ0n) is 13.3. The molecule has 0 fully saturated rings. The minimum atomic E-state index is -0.176. The van der Waals surface area contributed by atoms with Gasteiger partial charge in [0.2, 0.25) is 0 Å². The summed E-state index contributed by atoms with van der Waals surface area (Å²) in [5.41, 5.74) is 2.97. The van der Waals surface area contributed by atoms with Crippen molar-refractivity contribution in [3.63, 3.8) is 0 Å². The van der Waals surface area contributed by atoms with Gasteiger partial charge in [-0.15, -0.1) is 0 Å². The van der Waals surface area contributed by atoms with E-state index in [1.807, 2.05) is 54.6 Å². The first-order valence-corrected chi connectivity index (χ1v) is 7.79. The van der Waals surface area contributed by atoms with Gasteiger partial charge in [0, 0.05) is 18.8 Å². The fourth-order valence-corrected chi connectivity index (χ4v) is 2.39. The van der Waals surface area contributed by atoms with Crippen LogP contribution in [0.1, 0.15) is 24.5 Å². The Hall–Kier alpha value is -2.80. The van der Waals surface area contributed by atoms with Crippen LogP contribution in [-0.4, -0.2) is 17.5 Å². The van der Waals surface area contributed by atoms with Crippen molar-refractivity contribution in [2.45, 2.75) is 26.3 Å². The highest BCUT2D eigenvalue weighted by Crippen LogP contribution is 2.17. The van der Waals surface area contributed by atoms with Crippen LogP contribution in [0.3, 0.4) is 0 Å². The van der Waals surface area contributed by atoms with Gasteiger partial charge < -0.3 is 10.2 Å². The summed E-state index contributed by atoms with van der Waals surface area (Å²) in [6.45, 7) is 2.95. The Morgan fingerprint density at radius 1 is 1.13 bits per heavy atom. The van der Waals surface area contributed by atoms with Crippen molar-refractivity contribution in [2.24, 2.45) is 0 Å². The first-order valence-electron chi connectivity index (χ1n) is 7.79. The summed E-state index contributed by atoms with van der Waals surface area (Å²) in [7, 11) is 0. The Balaban J connectivity index is 2.11. The maximum Gasteiger partial charge on any atom is 0.322 e. The summed E-state index contributed by atoms with van der Waals surface area (Å²) in [4.78, 5) is 14.3. The van der Waals surface area contributed by atoms with E-state index in [2.05, 4.69) is 18.3 Å². The number of aryl methyl sites for hydroxylation is 1. The third-order valence-electron chi connectivity index (χ3n) is 3.64. The molecule has 0 spiro atoms. The highest BCUT2D eigenvalue weighted by Gasteiger charge is 2.15. The van der Waals surface area contributed by atoms with E-state index < -0.39 is 0 Å². The molecule has 0 aliphatic heterocycles. The van der Waals surface area contributed by atoms with Gasteiger partial charge in [-0.05, 0) is 23.6 Å². The molecule has 0 saturated heterocycles. The molecular weight excluding hydrogens is 286 g/mol. The number of nitriles is 1. The molecule has 1 N–H and O–H groups in total. The van der Waals surface area contributed by atoms with Crippen molar-refractivity contribution in [1.29, 1.82) is 5.26 Å². The number of nitrogens with zero attached hydrogens (tertiary/aromatic N) is 2. The summed E-state index contributed by atoms with van der Waals surface area (Å²) < 4.78 is 0. The van der Waals surface area contributed by atoms with Crippen LogP contribution < -0.4 is 5.32 Å². The largest absolute Gasteiger partial charge is 0.322 e. The van der Waals surface area contributed by atoms with Crippen LogP contribution in [0, 0.1) is 11.3 Å². The number of hydrogen-bond acceptors (Lipinski definition) is 2. The molecule has 4 heteroatoms. The Labute approximate surface area is 137 Å². The zero-order chi connectivity index (χ0) is 16.5. The second kappa shape index (κ2) is 8.60. The lowest BCUT2D eigenvalue weighted by Gasteiger charge is -2.23. The average Bonchev–Trinajstić information content (AvgIpc) is 2.60. The number of urea groups is 1. The molecule has 118 valence electrons. The molecular formula is C19H21N3O. The van der Waals surface area contributed by atoms with Gasteiger partial charge in [-0.3, -0.25) is 0 Å². The third kappa shape index (κ3) is 4.86. The Morgan fingerprint density at radius 2 is 1.83 bits per heavy atom. The SMILES string of the molecule is CCc1ccccc1NC(=O)N(CCC#N)Cc1ccccc1. The lowest BCUT2D eigenvalue weighted by Crippen LogP contribution is -2.35. The second-order valence-electron chi connectivity index (χ2n) is 5.26. The summed E-state index contributed by atoms with van der Waals surface area (Å²) >= 11 is 0. The molecule has 0 aliphatic carbocycles. The number of amides is 2. The standard InChI is InChI=1S/C19H21N3O/c1-2-17-11-6-7-12-18(17)21-19(23)22(14-8-13-20)15-16-9-4-3-5-10-16/h3-7,9-12H,2,8,14-15H2,1H3,(H,21,23). The van der Waals surface area contributed by atoms with Crippen LogP contribution >= 0.6 is 0 Å². The van der Waals surface area contributed by atoms with Crippen molar-refractivity contribution in [3.8, 4) is 6.07 Å². The maximum atomic E-state index is 12.6. The smallest absolute Gasteiger partial charge is 0.319 e. The van der Waals surface area contributed by atoms with E-state index in [9.17, 15) is 4.79 Å². The Bertz CT molecular complexity index is 677. The number of rotatable bonds is 6. The fourth-order valence-electron chi connectivity index (χ4n) is 2.39. The van der Waals surface area contributed by atoms with Crippen LogP contribution in [0.4, 0.5) is 10.5 Å². The first kappa shape index (κ1) is 16.6. The molecule has 0 aromatic heterocycles. The van der Waals surface area contributed by atoms with Gasteiger partial charge in [-0.2, -0.15) is 5.26 Å². The highest BCUT2D eigenvalue weighted by atomic mass is 16.2. The zero-order valence-corrected chi connectivity index (χ0v) is 13.3. The predicted molar refractivity (Wildman–Crippen MR) is 91.9 cm³/mol. The molecule has 2 rings (SSSR count). The van der Waals surface area contributed by atoms with Crippen LogP contribution in [0.25, 0.3) is 0 Å². The van der Waals surface area contributed by atoms with Crippen LogP contribution in [0.2, 0.25) is 0 Å². The molecule has 23 heavy (non-hydrogen) atoms. The number of carbonyl (C=O) groups excluding carboxylic acids is 1. The Kier molecular flexibility index (Phi) is 6.19. The number of nitrogens with one attached hydrogen (secondary N) is 1. The average molecular weight is 307 g/mol. The normalized spacial score (nSPS) is 9.91. The van der Waals surface area contributed by atoms with E-state index >= 15 is 0 Å². The molecule has 0 unspecified atom stereocenters. The highest BCUT2D eigenvalue weighted by molar-refractivity contribution is 5.90. The fraction of sp³-hybridized carbons (Fsp3) is 0.263. The molecule has 0 saturated carbocycles. The van der Waals surface area contributed by atoms with E-state index in [0.717, 1.165) is 23.2 Å². The van der Waals surface area contributed by atoms with Gasteiger partial charge in [0.05, 0.1) is 12.5 Å². The summed E-state index contributed by atoms with van der Waals surface area (Å²) in [5, 5.41) is 11.8. The summed E-state index contributed by atoms with van der Waals surface area (Å²) in [6, 6.07) is 19.5. The number of benzene rings is 2. The van der Waals surface area contributed by atoms with Gasteiger partial charge in [-0.25, -0.2) is 4.79 Å². The van der Waals surface area contributed by atoms with E-state index in [1.165, 1.54) is 0 Å². The van der Waals surface area contributed by atoms with Gasteiger partial charge in [0.25, 0.3) is 0 Å². The molecule has 4 nitrogen and oxygen atoms in total. The molecule has 0 radical (unpaired) electrons. The second-order valence-corrected chi connectivity index (χ2v) is 5.26. The quantitative estimate of drug-likeness (QED) is 0.869. The van der Waals surface area contributed by atoms with Gasteiger partial charge in [0.15, 0.2) is 0 Å². The van der Waals surface area contributed by atoms with Crippen molar-refractivity contribution < 1.29 is 4.79 Å². The Morgan fingerprint density at radius 3 is 2.52 bits per heavy atom. The first-order chi connectivity index (χ1) is 11.2. The third-order valence-corrected chi connectivity index (χ3v) is 3.64. The molecule has 0 atom stereocenters. The molecule has 2 aromatic carbocycles. The number of carbonyl (C=O) groups is 1. The number of hydrogen-bond donors (Lipinski definition) is 1. The van der Waals surface area contributed by atoms with Gasteiger partial charge in [-0.1, -0.05) is 55.5 Å². The molecule has 2 aromatic rings. The summed E-state index contributed by atoms with van der Waals surface area (Å²) in [6.07, 6.45) is 1.17. The van der Waals surface area contributed by atoms with Crippen molar-refractivity contribution in [1.82, 2.24) is 4.90 Å². The maximum absolute atomic E-state index is 12.6. The topological polar surface area (TPSA) is 56.1 Å². The van der Waals surface area contributed by atoms with E-state index in [-0.39, 0.29) is 6.03 Å². The van der Waals surface area contributed by atoms with E-state index in [1.54, 1.807) is 4.90 Å². The van der Waals surface area contributed by atoms with Crippen LogP contribution in [0.15, 0.2) is 54.6 Å².